The van der Waals surface area contributed by atoms with Gasteiger partial charge in [0, 0.05) is 13.0 Å². The molecule has 2 aromatic carbocycles. The number of carbonyl (C=O) groups excluding carboxylic acids is 1. The fourth-order valence-corrected chi connectivity index (χ4v) is 3.47. The normalized spacial score (nSPS) is 14.7. The molecule has 0 aliphatic carbocycles. The summed E-state index contributed by atoms with van der Waals surface area (Å²) in [4.78, 5) is 17.0. The van der Waals surface area contributed by atoms with Gasteiger partial charge in [0.2, 0.25) is 11.9 Å². The number of anilines is 1. The van der Waals surface area contributed by atoms with E-state index in [1.165, 1.54) is 5.39 Å². The summed E-state index contributed by atoms with van der Waals surface area (Å²) in [6.07, 6.45) is 2.39. The maximum absolute atomic E-state index is 12.5. The second kappa shape index (κ2) is 8.50. The highest BCUT2D eigenvalue weighted by Crippen LogP contribution is 2.23. The monoisotopic (exact) mass is 385 g/mol. The van der Waals surface area contributed by atoms with Crippen LogP contribution in [0.3, 0.4) is 0 Å². The van der Waals surface area contributed by atoms with E-state index in [9.17, 15) is 4.79 Å². The van der Waals surface area contributed by atoms with E-state index in [0.29, 0.717) is 18.3 Å². The number of benzene rings is 2. The van der Waals surface area contributed by atoms with E-state index in [2.05, 4.69) is 45.0 Å². The third-order valence-corrected chi connectivity index (χ3v) is 4.91. The molecule has 1 aromatic heterocycles. The van der Waals surface area contributed by atoms with Gasteiger partial charge in [-0.15, -0.1) is 12.4 Å². The lowest BCUT2D eigenvalue weighted by molar-refractivity contribution is -0.115. The molecule has 0 saturated carbocycles. The molecule has 6 nitrogen and oxygen atoms in total. The Labute approximate surface area is 164 Å². The highest BCUT2D eigenvalue weighted by molar-refractivity contribution is 5.92. The van der Waals surface area contributed by atoms with Crippen LogP contribution in [0.25, 0.3) is 10.8 Å². The highest BCUT2D eigenvalue weighted by Gasteiger charge is 2.21. The van der Waals surface area contributed by atoms with Crippen molar-refractivity contribution >= 4 is 35.0 Å². The van der Waals surface area contributed by atoms with Crippen molar-refractivity contribution in [2.45, 2.75) is 25.2 Å². The zero-order valence-corrected chi connectivity index (χ0v) is 16.1. The van der Waals surface area contributed by atoms with Gasteiger partial charge >= 0.3 is 0 Å². The minimum Gasteiger partial charge on any atom is -0.317 e. The van der Waals surface area contributed by atoms with Crippen molar-refractivity contribution in [3.05, 3.63) is 53.9 Å². The molecule has 0 unspecified atom stereocenters. The number of aromatic nitrogens is 3. The van der Waals surface area contributed by atoms with Crippen LogP contribution in [0.2, 0.25) is 0 Å². The maximum Gasteiger partial charge on any atom is 0.231 e. The molecule has 0 spiro atoms. The number of halogens is 1. The van der Waals surface area contributed by atoms with Gasteiger partial charge in [0.15, 0.2) is 5.82 Å². The number of nitrogens with zero attached hydrogens (tertiary/aromatic N) is 3. The first-order valence-electron chi connectivity index (χ1n) is 9.08. The molecule has 0 atom stereocenters. The molecule has 0 radical (unpaired) electrons. The van der Waals surface area contributed by atoms with Gasteiger partial charge < -0.3 is 5.32 Å². The van der Waals surface area contributed by atoms with Crippen molar-refractivity contribution in [2.75, 3.05) is 18.4 Å². The Morgan fingerprint density at radius 3 is 2.70 bits per heavy atom. The molecule has 27 heavy (non-hydrogen) atoms. The number of nitrogens with one attached hydrogen (secondary N) is 2. The minimum atomic E-state index is -0.0763. The van der Waals surface area contributed by atoms with Gasteiger partial charge in [-0.3, -0.25) is 10.1 Å². The van der Waals surface area contributed by atoms with Gasteiger partial charge in [-0.05, 0) is 42.3 Å². The van der Waals surface area contributed by atoms with Crippen LogP contribution in [-0.4, -0.2) is 33.8 Å². The van der Waals surface area contributed by atoms with Crippen molar-refractivity contribution in [2.24, 2.45) is 7.05 Å². The summed E-state index contributed by atoms with van der Waals surface area (Å²) in [6, 6.07) is 14.3. The first-order valence-corrected chi connectivity index (χ1v) is 9.08. The molecule has 1 saturated heterocycles. The standard InChI is InChI=1S/C20H23N5O.ClH/c1-25-20(23-19(24-25)16-8-10-21-11-9-16)22-18(26)13-14-6-7-15-4-2-3-5-17(15)12-14;/h2-7,12,16,21H,8-11,13H2,1H3,(H,22,23,24,26);1H. The van der Waals surface area contributed by atoms with Crippen LogP contribution in [0, 0.1) is 0 Å². The number of hydrogen-bond donors (Lipinski definition) is 2. The molecule has 4 rings (SSSR count). The smallest absolute Gasteiger partial charge is 0.231 e. The lowest BCUT2D eigenvalue weighted by atomic mass is 9.98. The van der Waals surface area contributed by atoms with Crippen LogP contribution < -0.4 is 10.6 Å². The Hall–Kier alpha value is -2.44. The molecule has 0 bridgehead atoms. The first-order chi connectivity index (χ1) is 12.7. The third kappa shape index (κ3) is 4.46. The predicted octanol–water partition coefficient (Wildman–Crippen LogP) is 3.04. The van der Waals surface area contributed by atoms with E-state index in [1.807, 2.05) is 25.2 Å². The second-order valence-electron chi connectivity index (χ2n) is 6.85. The van der Waals surface area contributed by atoms with E-state index < -0.39 is 0 Å². The van der Waals surface area contributed by atoms with Crippen molar-refractivity contribution in [3.63, 3.8) is 0 Å². The Bertz CT molecular complexity index is 933. The van der Waals surface area contributed by atoms with Gasteiger partial charge in [0.1, 0.15) is 0 Å². The van der Waals surface area contributed by atoms with E-state index in [1.54, 1.807) is 4.68 Å². The quantitative estimate of drug-likeness (QED) is 0.724. The zero-order chi connectivity index (χ0) is 17.9. The molecule has 1 fully saturated rings. The van der Waals surface area contributed by atoms with Gasteiger partial charge in [-0.1, -0.05) is 42.5 Å². The summed E-state index contributed by atoms with van der Waals surface area (Å²) in [7, 11) is 1.82. The van der Waals surface area contributed by atoms with Crippen molar-refractivity contribution < 1.29 is 4.79 Å². The largest absolute Gasteiger partial charge is 0.317 e. The third-order valence-electron chi connectivity index (χ3n) is 4.91. The van der Waals surface area contributed by atoms with Crippen LogP contribution in [0.15, 0.2) is 42.5 Å². The number of aryl methyl sites for hydroxylation is 1. The average molecular weight is 386 g/mol. The Balaban J connectivity index is 0.00000210. The predicted molar refractivity (Wildman–Crippen MR) is 109 cm³/mol. The first kappa shape index (κ1) is 19.3. The van der Waals surface area contributed by atoms with Crippen LogP contribution in [0.4, 0.5) is 5.95 Å². The summed E-state index contributed by atoms with van der Waals surface area (Å²) in [5, 5.41) is 13.1. The second-order valence-corrected chi connectivity index (χ2v) is 6.85. The number of hydrogen-bond acceptors (Lipinski definition) is 4. The SMILES string of the molecule is Cl.Cn1nc(C2CCNCC2)nc1NC(=O)Cc1ccc2ccccc2c1. The number of piperidine rings is 1. The fourth-order valence-electron chi connectivity index (χ4n) is 3.47. The molecule has 1 amide bonds. The number of carbonyl (C=O) groups is 1. The Kier molecular flexibility index (Phi) is 6.08. The van der Waals surface area contributed by atoms with Crippen LogP contribution in [-0.2, 0) is 18.3 Å². The zero-order valence-electron chi connectivity index (χ0n) is 15.3. The Morgan fingerprint density at radius 1 is 1.19 bits per heavy atom. The van der Waals surface area contributed by atoms with E-state index in [4.69, 9.17) is 0 Å². The molecule has 2 N–H and O–H groups in total. The van der Waals surface area contributed by atoms with Crippen LogP contribution >= 0.6 is 12.4 Å². The fraction of sp³-hybridized carbons (Fsp3) is 0.350. The van der Waals surface area contributed by atoms with Gasteiger partial charge in [0.05, 0.1) is 6.42 Å². The summed E-state index contributed by atoms with van der Waals surface area (Å²) in [5.41, 5.74) is 0.988. The molecule has 1 aliphatic heterocycles. The van der Waals surface area contributed by atoms with E-state index in [0.717, 1.165) is 42.7 Å². The molecule has 2 heterocycles. The molecule has 142 valence electrons. The van der Waals surface area contributed by atoms with Crippen molar-refractivity contribution in [3.8, 4) is 0 Å². The lowest BCUT2D eigenvalue weighted by Gasteiger charge is -2.19. The minimum absolute atomic E-state index is 0. The van der Waals surface area contributed by atoms with Crippen molar-refractivity contribution in [1.82, 2.24) is 20.1 Å². The topological polar surface area (TPSA) is 71.8 Å². The molecule has 7 heteroatoms. The summed E-state index contributed by atoms with van der Waals surface area (Å²) in [5.74, 6) is 1.64. The van der Waals surface area contributed by atoms with Crippen LogP contribution in [0.5, 0.6) is 0 Å². The van der Waals surface area contributed by atoms with Crippen molar-refractivity contribution in [1.29, 1.82) is 0 Å². The summed E-state index contributed by atoms with van der Waals surface area (Å²) < 4.78 is 1.66. The summed E-state index contributed by atoms with van der Waals surface area (Å²) >= 11 is 0. The number of fused-ring (bicyclic) bond motifs is 1. The van der Waals surface area contributed by atoms with E-state index in [-0.39, 0.29) is 18.3 Å². The van der Waals surface area contributed by atoms with Crippen LogP contribution in [0.1, 0.15) is 30.1 Å². The van der Waals surface area contributed by atoms with E-state index >= 15 is 0 Å². The van der Waals surface area contributed by atoms with Gasteiger partial charge in [-0.25, -0.2) is 4.68 Å². The Morgan fingerprint density at radius 2 is 1.93 bits per heavy atom. The highest BCUT2D eigenvalue weighted by atomic mass is 35.5. The van der Waals surface area contributed by atoms with Gasteiger partial charge in [0.25, 0.3) is 0 Å². The number of rotatable bonds is 4. The summed E-state index contributed by atoms with van der Waals surface area (Å²) in [6.45, 7) is 1.99. The number of amides is 1. The maximum atomic E-state index is 12.5. The molecular weight excluding hydrogens is 362 g/mol. The molecular formula is C20H24ClN5O. The average Bonchev–Trinajstić information content (AvgIpc) is 3.03. The molecule has 1 aliphatic rings. The lowest BCUT2D eigenvalue weighted by Crippen LogP contribution is -2.27. The van der Waals surface area contributed by atoms with Gasteiger partial charge in [-0.2, -0.15) is 10.1 Å². The molecule has 3 aromatic rings.